The summed E-state index contributed by atoms with van der Waals surface area (Å²) in [4.78, 5) is 15.1. The number of piperazine rings is 1. The number of hydrogen-bond acceptors (Lipinski definition) is 5. The van der Waals surface area contributed by atoms with Crippen LogP contribution in [-0.2, 0) is 0 Å². The van der Waals surface area contributed by atoms with Crippen molar-refractivity contribution >= 4 is 11.7 Å². The van der Waals surface area contributed by atoms with Gasteiger partial charge in [-0.2, -0.15) is 0 Å². The minimum Gasteiger partial charge on any atom is -0.497 e. The maximum Gasteiger partial charge on any atom is 0.322 e. The Labute approximate surface area is 192 Å². The Kier molecular flexibility index (Phi) is 4.84. The molecule has 1 unspecified atom stereocenters. The van der Waals surface area contributed by atoms with Gasteiger partial charge in [0.25, 0.3) is 0 Å². The summed E-state index contributed by atoms with van der Waals surface area (Å²) in [5, 5.41) is 6.47. The van der Waals surface area contributed by atoms with E-state index in [4.69, 9.17) is 14.2 Å². The van der Waals surface area contributed by atoms with Crippen LogP contribution in [-0.4, -0.2) is 50.0 Å². The minimum absolute atomic E-state index is 0.0727. The highest BCUT2D eigenvalue weighted by Gasteiger charge is 2.53. The zero-order valence-electron chi connectivity index (χ0n) is 18.3. The van der Waals surface area contributed by atoms with Gasteiger partial charge < -0.3 is 29.7 Å². The monoisotopic (exact) mass is 443 g/mol. The second kappa shape index (κ2) is 8.01. The molecule has 2 N–H and O–H groups in total. The summed E-state index contributed by atoms with van der Waals surface area (Å²) in [5.74, 6) is 2.55. The van der Waals surface area contributed by atoms with Crippen LogP contribution >= 0.6 is 0 Å². The van der Waals surface area contributed by atoms with Gasteiger partial charge in [-0.3, -0.25) is 0 Å². The van der Waals surface area contributed by atoms with E-state index in [1.807, 2.05) is 35.2 Å². The zero-order valence-corrected chi connectivity index (χ0v) is 18.3. The van der Waals surface area contributed by atoms with Crippen LogP contribution in [0, 0.1) is 0 Å². The Bertz CT molecular complexity index is 1170. The van der Waals surface area contributed by atoms with E-state index in [9.17, 15) is 4.79 Å². The molecule has 2 saturated heterocycles. The third kappa shape index (κ3) is 3.45. The lowest BCUT2D eigenvalue weighted by atomic mass is 9.72. The molecule has 0 saturated carbocycles. The molecular formula is C26H25N3O4. The number of carbonyl (C=O) groups excluding carboxylic acids is 1. The van der Waals surface area contributed by atoms with Crippen molar-refractivity contribution in [1.82, 2.24) is 10.2 Å². The van der Waals surface area contributed by atoms with Gasteiger partial charge in [-0.25, -0.2) is 4.79 Å². The lowest BCUT2D eigenvalue weighted by Crippen LogP contribution is -2.74. The Hall–Kier alpha value is -3.71. The van der Waals surface area contributed by atoms with Crippen LogP contribution in [0.15, 0.2) is 66.7 Å². The molecule has 3 atom stereocenters. The van der Waals surface area contributed by atoms with E-state index in [-0.39, 0.29) is 24.9 Å². The van der Waals surface area contributed by atoms with E-state index < -0.39 is 0 Å². The largest absolute Gasteiger partial charge is 0.497 e. The van der Waals surface area contributed by atoms with E-state index in [0.29, 0.717) is 23.1 Å². The highest BCUT2D eigenvalue weighted by molar-refractivity contribution is 5.91. The Morgan fingerprint density at radius 2 is 1.61 bits per heavy atom. The van der Waals surface area contributed by atoms with Crippen molar-refractivity contribution in [3.63, 3.8) is 0 Å². The average Bonchev–Trinajstić information content (AvgIpc) is 3.33. The number of carbonyl (C=O) groups is 1. The fourth-order valence-electron chi connectivity index (χ4n) is 5.17. The SMILES string of the molecule is COc1ccc(-c2ccc(C3[C@H]4CNC[C@@H]3N4C(=O)Nc3ccc4c(c3)OCO4)cc2)cc1. The van der Waals surface area contributed by atoms with Crippen LogP contribution in [0.5, 0.6) is 17.2 Å². The van der Waals surface area contributed by atoms with Crippen molar-refractivity contribution in [1.29, 1.82) is 0 Å². The first-order chi connectivity index (χ1) is 16.2. The van der Waals surface area contributed by atoms with Crippen LogP contribution in [0.1, 0.15) is 11.5 Å². The molecule has 0 radical (unpaired) electrons. The van der Waals surface area contributed by atoms with Crippen LogP contribution in [0.25, 0.3) is 11.1 Å². The molecule has 3 aromatic carbocycles. The van der Waals surface area contributed by atoms with Gasteiger partial charge in [-0.15, -0.1) is 0 Å². The number of nitrogens with one attached hydrogen (secondary N) is 2. The molecule has 7 nitrogen and oxygen atoms in total. The number of rotatable bonds is 4. The zero-order chi connectivity index (χ0) is 22.4. The highest BCUT2D eigenvalue weighted by atomic mass is 16.7. The molecule has 0 aliphatic carbocycles. The molecule has 0 spiro atoms. The fourth-order valence-corrected chi connectivity index (χ4v) is 5.17. The molecule has 168 valence electrons. The van der Waals surface area contributed by atoms with Crippen molar-refractivity contribution in [2.45, 2.75) is 18.0 Å². The number of nitrogens with zero attached hydrogens (tertiary/aromatic N) is 1. The van der Waals surface area contributed by atoms with Gasteiger partial charge in [0, 0.05) is 30.8 Å². The van der Waals surface area contributed by atoms with Gasteiger partial charge >= 0.3 is 6.03 Å². The van der Waals surface area contributed by atoms with E-state index in [2.05, 4.69) is 47.0 Å². The standard InChI is InChI=1S/C26H25N3O4/c1-31-20-9-6-17(7-10-20)16-2-4-18(5-3-16)25-21-13-27-14-22(25)29(21)26(30)28-19-8-11-23-24(12-19)33-15-32-23/h2-12,21-22,25,27H,13-15H2,1H3,(H,28,30)/t21-,22+,25?. The van der Waals surface area contributed by atoms with Gasteiger partial charge in [0.1, 0.15) is 5.75 Å². The van der Waals surface area contributed by atoms with E-state index in [0.717, 1.165) is 24.4 Å². The number of hydrogen-bond donors (Lipinski definition) is 2. The minimum atomic E-state index is -0.0727. The third-order valence-corrected chi connectivity index (χ3v) is 6.83. The molecule has 2 amide bonds. The van der Waals surface area contributed by atoms with Crippen molar-refractivity contribution in [3.8, 4) is 28.4 Å². The molecule has 3 aromatic rings. The summed E-state index contributed by atoms with van der Waals surface area (Å²) >= 11 is 0. The summed E-state index contributed by atoms with van der Waals surface area (Å²) in [5.41, 5.74) is 4.31. The topological polar surface area (TPSA) is 72.1 Å². The number of benzene rings is 3. The molecular weight excluding hydrogens is 418 g/mol. The number of piperidine rings is 1. The lowest BCUT2D eigenvalue weighted by molar-refractivity contribution is 0.00202. The number of urea groups is 1. The maximum absolute atomic E-state index is 13.1. The van der Waals surface area contributed by atoms with E-state index in [1.165, 1.54) is 11.1 Å². The molecule has 2 bridgehead atoms. The smallest absolute Gasteiger partial charge is 0.322 e. The molecule has 33 heavy (non-hydrogen) atoms. The molecule has 0 aromatic heterocycles. The maximum atomic E-state index is 13.1. The van der Waals surface area contributed by atoms with Gasteiger partial charge in [0.2, 0.25) is 6.79 Å². The number of likely N-dealkylation sites (tertiary alicyclic amines) is 1. The summed E-state index contributed by atoms with van der Waals surface area (Å²) in [7, 11) is 1.67. The number of anilines is 1. The first kappa shape index (κ1) is 19.9. The molecule has 3 aliphatic rings. The van der Waals surface area contributed by atoms with Crippen molar-refractivity contribution in [2.75, 3.05) is 32.3 Å². The van der Waals surface area contributed by atoms with Crippen LogP contribution in [0.4, 0.5) is 10.5 Å². The summed E-state index contributed by atoms with van der Waals surface area (Å²) < 4.78 is 16.0. The third-order valence-electron chi connectivity index (χ3n) is 6.83. The predicted molar refractivity (Wildman–Crippen MR) is 125 cm³/mol. The Balaban J connectivity index is 1.16. The highest BCUT2D eigenvalue weighted by Crippen LogP contribution is 2.43. The average molecular weight is 444 g/mol. The summed E-state index contributed by atoms with van der Waals surface area (Å²) in [6, 6.07) is 22.5. The first-order valence-electron chi connectivity index (χ1n) is 11.2. The van der Waals surface area contributed by atoms with Crippen LogP contribution < -0.4 is 24.8 Å². The number of amides is 2. The van der Waals surface area contributed by atoms with Crippen molar-refractivity contribution < 1.29 is 19.0 Å². The Morgan fingerprint density at radius 1 is 0.939 bits per heavy atom. The van der Waals surface area contributed by atoms with Crippen LogP contribution in [0.3, 0.4) is 0 Å². The molecule has 2 fully saturated rings. The second-order valence-electron chi connectivity index (χ2n) is 8.57. The molecule has 3 aliphatic heterocycles. The quantitative estimate of drug-likeness (QED) is 0.636. The molecule has 3 heterocycles. The Morgan fingerprint density at radius 3 is 2.30 bits per heavy atom. The van der Waals surface area contributed by atoms with Gasteiger partial charge in [0.05, 0.1) is 19.2 Å². The summed E-state index contributed by atoms with van der Waals surface area (Å²) in [6.45, 7) is 1.79. The second-order valence-corrected chi connectivity index (χ2v) is 8.57. The van der Waals surface area contributed by atoms with Crippen LogP contribution in [0.2, 0.25) is 0 Å². The van der Waals surface area contributed by atoms with Gasteiger partial charge in [-0.05, 0) is 41.0 Å². The first-order valence-corrected chi connectivity index (χ1v) is 11.2. The molecule has 7 heteroatoms. The predicted octanol–water partition coefficient (Wildman–Crippen LogP) is 4.06. The number of fused-ring (bicyclic) bond motifs is 3. The molecule has 6 rings (SSSR count). The van der Waals surface area contributed by atoms with Crippen molar-refractivity contribution in [3.05, 3.63) is 72.3 Å². The van der Waals surface area contributed by atoms with Gasteiger partial charge in [-0.1, -0.05) is 36.4 Å². The normalized spacial score (nSPS) is 22.5. The van der Waals surface area contributed by atoms with E-state index >= 15 is 0 Å². The summed E-state index contributed by atoms with van der Waals surface area (Å²) in [6.07, 6.45) is 0. The van der Waals surface area contributed by atoms with Gasteiger partial charge in [0.15, 0.2) is 11.5 Å². The fraction of sp³-hybridized carbons (Fsp3) is 0.269. The van der Waals surface area contributed by atoms with Crippen molar-refractivity contribution in [2.24, 2.45) is 0 Å². The number of ether oxygens (including phenoxy) is 3. The number of methoxy groups -OCH3 is 1. The van der Waals surface area contributed by atoms with E-state index in [1.54, 1.807) is 7.11 Å². The lowest BCUT2D eigenvalue weighted by Gasteiger charge is -2.59.